The highest BCUT2D eigenvalue weighted by atomic mass is 35.5. The lowest BCUT2D eigenvalue weighted by atomic mass is 10.1. The van der Waals surface area contributed by atoms with E-state index in [2.05, 4.69) is 22.2 Å². The summed E-state index contributed by atoms with van der Waals surface area (Å²) in [4.78, 5) is 8.47. The average Bonchev–Trinajstić information content (AvgIpc) is 2.28. The molecule has 0 spiro atoms. The Labute approximate surface area is 127 Å². The molecule has 0 aliphatic carbocycles. The molecule has 0 amide bonds. The van der Waals surface area contributed by atoms with E-state index < -0.39 is 0 Å². The number of nitrogen functional groups attached to an aromatic ring is 1. The Bertz CT molecular complexity index is 360. The predicted molar refractivity (Wildman–Crippen MR) is 86.5 cm³/mol. The summed E-state index contributed by atoms with van der Waals surface area (Å²) in [6.45, 7) is 5.73. The van der Waals surface area contributed by atoms with Gasteiger partial charge < -0.3 is 16.8 Å². The maximum absolute atomic E-state index is 5.67. The first-order chi connectivity index (χ1) is 8.19. The third-order valence-corrected chi connectivity index (χ3v) is 2.68. The van der Waals surface area contributed by atoms with E-state index in [4.69, 9.17) is 11.5 Å². The van der Waals surface area contributed by atoms with Crippen LogP contribution in [0.5, 0.6) is 0 Å². The first-order valence-electron chi connectivity index (χ1n) is 6.26. The molecule has 1 rings (SSSR count). The Morgan fingerprint density at radius 3 is 2.42 bits per heavy atom. The summed E-state index contributed by atoms with van der Waals surface area (Å²) in [5.74, 6) is 1.20. The average molecular weight is 310 g/mol. The van der Waals surface area contributed by atoms with Crippen LogP contribution in [0.3, 0.4) is 0 Å². The van der Waals surface area contributed by atoms with Crippen LogP contribution in [0.1, 0.15) is 37.4 Å². The van der Waals surface area contributed by atoms with E-state index in [1.807, 2.05) is 6.92 Å². The quantitative estimate of drug-likeness (QED) is 0.672. The van der Waals surface area contributed by atoms with Crippen molar-refractivity contribution in [3.8, 4) is 0 Å². The summed E-state index contributed by atoms with van der Waals surface area (Å²) in [6.07, 6.45) is 4.12. The minimum atomic E-state index is 0. The lowest BCUT2D eigenvalue weighted by Gasteiger charge is -2.13. The van der Waals surface area contributed by atoms with Gasteiger partial charge >= 0.3 is 0 Å². The van der Waals surface area contributed by atoms with E-state index in [-0.39, 0.29) is 24.8 Å². The minimum absolute atomic E-state index is 0. The Kier molecular flexibility index (Phi) is 12.0. The van der Waals surface area contributed by atoms with Crippen molar-refractivity contribution in [3.63, 3.8) is 0 Å². The van der Waals surface area contributed by atoms with Gasteiger partial charge in [0.05, 0.1) is 0 Å². The molecule has 1 heterocycles. The Balaban J connectivity index is 0. The summed E-state index contributed by atoms with van der Waals surface area (Å²) in [6, 6.07) is 0. The van der Waals surface area contributed by atoms with Crippen molar-refractivity contribution in [2.75, 3.05) is 24.1 Å². The number of nitrogens with two attached hydrogens (primary N) is 2. The van der Waals surface area contributed by atoms with Gasteiger partial charge in [0.1, 0.15) is 5.82 Å². The van der Waals surface area contributed by atoms with E-state index in [1.165, 1.54) is 0 Å². The molecule has 5 nitrogen and oxygen atoms in total. The van der Waals surface area contributed by atoms with Gasteiger partial charge in [-0.1, -0.05) is 13.3 Å². The third kappa shape index (κ3) is 6.80. The summed E-state index contributed by atoms with van der Waals surface area (Å²) < 4.78 is 0. The maximum atomic E-state index is 5.67. The van der Waals surface area contributed by atoms with Crippen LogP contribution in [0.25, 0.3) is 0 Å². The zero-order chi connectivity index (χ0) is 12.7. The van der Waals surface area contributed by atoms with Crippen LogP contribution in [0.4, 0.5) is 11.8 Å². The second-order valence-electron chi connectivity index (χ2n) is 4.17. The van der Waals surface area contributed by atoms with Crippen molar-refractivity contribution in [2.45, 2.75) is 39.5 Å². The zero-order valence-corrected chi connectivity index (χ0v) is 13.2. The molecule has 0 unspecified atom stereocenters. The summed E-state index contributed by atoms with van der Waals surface area (Å²) in [5.41, 5.74) is 13.3. The van der Waals surface area contributed by atoms with Gasteiger partial charge in [0.2, 0.25) is 5.95 Å². The first kappa shape index (κ1) is 20.5. The van der Waals surface area contributed by atoms with Gasteiger partial charge in [0, 0.05) is 17.8 Å². The molecule has 0 bridgehead atoms. The third-order valence-electron chi connectivity index (χ3n) is 2.68. The predicted octanol–water partition coefficient (Wildman–Crippen LogP) is 2.31. The van der Waals surface area contributed by atoms with Gasteiger partial charge in [-0.2, -0.15) is 4.98 Å². The summed E-state index contributed by atoms with van der Waals surface area (Å²) >= 11 is 0. The molecule has 1 aromatic rings. The first-order valence-corrected chi connectivity index (χ1v) is 6.26. The van der Waals surface area contributed by atoms with Crippen LogP contribution in [0.2, 0.25) is 0 Å². The van der Waals surface area contributed by atoms with Crippen molar-refractivity contribution in [1.82, 2.24) is 9.97 Å². The number of hydrogen-bond donors (Lipinski definition) is 3. The highest BCUT2D eigenvalue weighted by Gasteiger charge is 2.09. The molecule has 0 aliphatic rings. The second-order valence-corrected chi connectivity index (χ2v) is 4.17. The van der Waals surface area contributed by atoms with Crippen molar-refractivity contribution in [3.05, 3.63) is 11.3 Å². The SMILES string of the molecule is CCCCNc1nc(N)nc(C)c1CCCN.Cl.Cl. The molecule has 0 radical (unpaired) electrons. The molecule has 7 heteroatoms. The van der Waals surface area contributed by atoms with Crippen molar-refractivity contribution in [1.29, 1.82) is 0 Å². The number of nitrogens with zero attached hydrogens (tertiary/aromatic N) is 2. The molecule has 0 aromatic carbocycles. The fraction of sp³-hybridized carbons (Fsp3) is 0.667. The van der Waals surface area contributed by atoms with Crippen molar-refractivity contribution < 1.29 is 0 Å². The Morgan fingerprint density at radius 1 is 1.16 bits per heavy atom. The number of aryl methyl sites for hydroxylation is 1. The molecule has 0 atom stereocenters. The number of unbranched alkanes of at least 4 members (excludes halogenated alkanes) is 1. The Hall–Kier alpha value is -0.780. The lowest BCUT2D eigenvalue weighted by Crippen LogP contribution is -2.12. The molecule has 0 saturated heterocycles. The summed E-state index contributed by atoms with van der Waals surface area (Å²) in [7, 11) is 0. The molecule has 0 fully saturated rings. The smallest absolute Gasteiger partial charge is 0.222 e. The normalized spacial score (nSPS) is 9.42. The fourth-order valence-corrected chi connectivity index (χ4v) is 1.73. The molecule has 112 valence electrons. The van der Waals surface area contributed by atoms with Crippen molar-refractivity contribution >= 4 is 36.6 Å². The molecule has 0 aliphatic heterocycles. The molecular weight excluding hydrogens is 285 g/mol. The molecule has 5 N–H and O–H groups in total. The van der Waals surface area contributed by atoms with E-state index in [9.17, 15) is 0 Å². The second kappa shape index (κ2) is 11.1. The minimum Gasteiger partial charge on any atom is -0.370 e. The molecular formula is C12H25Cl2N5. The topological polar surface area (TPSA) is 89.8 Å². The highest BCUT2D eigenvalue weighted by molar-refractivity contribution is 5.85. The Morgan fingerprint density at radius 2 is 1.84 bits per heavy atom. The maximum Gasteiger partial charge on any atom is 0.222 e. The molecule has 1 aromatic heterocycles. The van der Waals surface area contributed by atoms with Gasteiger partial charge in [-0.3, -0.25) is 0 Å². The van der Waals surface area contributed by atoms with Crippen LogP contribution in [0.15, 0.2) is 0 Å². The fourth-order valence-electron chi connectivity index (χ4n) is 1.73. The number of halogens is 2. The summed E-state index contributed by atoms with van der Waals surface area (Å²) in [5, 5.41) is 3.33. The number of aromatic nitrogens is 2. The van der Waals surface area contributed by atoms with Crippen LogP contribution in [0, 0.1) is 6.92 Å². The van der Waals surface area contributed by atoms with Gasteiger partial charge in [-0.25, -0.2) is 4.98 Å². The van der Waals surface area contributed by atoms with Crippen LogP contribution in [-0.4, -0.2) is 23.1 Å². The number of nitrogens with one attached hydrogen (secondary N) is 1. The monoisotopic (exact) mass is 309 g/mol. The van der Waals surface area contributed by atoms with E-state index in [1.54, 1.807) is 0 Å². The van der Waals surface area contributed by atoms with E-state index in [0.29, 0.717) is 12.5 Å². The number of hydrogen-bond acceptors (Lipinski definition) is 5. The van der Waals surface area contributed by atoms with Gasteiger partial charge in [0.25, 0.3) is 0 Å². The van der Waals surface area contributed by atoms with E-state index in [0.717, 1.165) is 49.3 Å². The lowest BCUT2D eigenvalue weighted by molar-refractivity contribution is 0.803. The number of rotatable bonds is 7. The van der Waals surface area contributed by atoms with Crippen molar-refractivity contribution in [2.24, 2.45) is 5.73 Å². The zero-order valence-electron chi connectivity index (χ0n) is 11.6. The largest absolute Gasteiger partial charge is 0.370 e. The molecule has 19 heavy (non-hydrogen) atoms. The van der Waals surface area contributed by atoms with Gasteiger partial charge in [-0.15, -0.1) is 24.8 Å². The van der Waals surface area contributed by atoms with E-state index >= 15 is 0 Å². The molecule has 0 saturated carbocycles. The van der Waals surface area contributed by atoms with Gasteiger partial charge in [-0.05, 0) is 32.7 Å². The van der Waals surface area contributed by atoms with Crippen LogP contribution >= 0.6 is 24.8 Å². The standard InChI is InChI=1S/C12H23N5.2ClH/c1-3-4-8-15-11-10(6-5-7-13)9(2)16-12(14)17-11;;/h3-8,13H2,1-2H3,(H3,14,15,16,17);2*1H. The highest BCUT2D eigenvalue weighted by Crippen LogP contribution is 2.19. The van der Waals surface area contributed by atoms with Crippen LogP contribution in [-0.2, 0) is 6.42 Å². The van der Waals surface area contributed by atoms with Gasteiger partial charge in [0.15, 0.2) is 0 Å². The number of anilines is 2. The van der Waals surface area contributed by atoms with Crippen LogP contribution < -0.4 is 16.8 Å².